The Bertz CT molecular complexity index is 636. The van der Waals surface area contributed by atoms with E-state index in [2.05, 4.69) is 21.6 Å². The Hall–Kier alpha value is -1.54. The third kappa shape index (κ3) is 2.53. The maximum Gasteiger partial charge on any atom is 0.233 e. The molecule has 1 amide bonds. The van der Waals surface area contributed by atoms with Crippen molar-refractivity contribution in [3.8, 4) is 0 Å². The molecule has 1 aliphatic heterocycles. The van der Waals surface area contributed by atoms with Crippen LogP contribution < -0.4 is 5.73 Å². The number of rotatable bonds is 3. The van der Waals surface area contributed by atoms with Crippen LogP contribution in [-0.4, -0.2) is 37.9 Å². The van der Waals surface area contributed by atoms with Crippen LogP contribution >= 0.6 is 23.1 Å². The van der Waals surface area contributed by atoms with Gasteiger partial charge in [-0.15, -0.1) is 21.5 Å². The predicted molar refractivity (Wildman–Crippen MR) is 79.6 cm³/mol. The van der Waals surface area contributed by atoms with Crippen molar-refractivity contribution in [1.29, 1.82) is 0 Å². The Morgan fingerprint density at radius 3 is 3.15 bits per heavy atom. The van der Waals surface area contributed by atoms with Crippen LogP contribution in [0, 0.1) is 0 Å². The Balaban J connectivity index is 1.59. The van der Waals surface area contributed by atoms with E-state index in [0.29, 0.717) is 16.9 Å². The van der Waals surface area contributed by atoms with Gasteiger partial charge in [0.2, 0.25) is 11.9 Å². The first-order valence-corrected chi connectivity index (χ1v) is 8.12. The normalized spacial score (nSPS) is 14.3. The van der Waals surface area contributed by atoms with E-state index in [4.69, 9.17) is 5.73 Å². The number of anilines is 1. The molecule has 0 spiro atoms. The minimum absolute atomic E-state index is 0.133. The van der Waals surface area contributed by atoms with Crippen molar-refractivity contribution in [3.63, 3.8) is 0 Å². The molecular formula is C12H15N5OS2. The zero-order valence-electron chi connectivity index (χ0n) is 11.1. The number of carbonyl (C=O) groups excluding carboxylic acids is 1. The number of thioether (sulfide) groups is 1. The average Bonchev–Trinajstić information content (AvgIpc) is 3.04. The number of nitrogens with zero attached hydrogens (tertiary/aromatic N) is 4. The molecule has 0 saturated carbocycles. The van der Waals surface area contributed by atoms with Crippen molar-refractivity contribution >= 4 is 35.0 Å². The van der Waals surface area contributed by atoms with E-state index in [0.717, 1.165) is 19.5 Å². The summed E-state index contributed by atoms with van der Waals surface area (Å²) >= 11 is 3.15. The Morgan fingerprint density at radius 1 is 1.55 bits per heavy atom. The minimum Gasteiger partial charge on any atom is -0.368 e. The molecule has 8 heteroatoms. The first-order chi connectivity index (χ1) is 9.65. The van der Waals surface area contributed by atoms with Gasteiger partial charge in [-0.05, 0) is 23.4 Å². The summed E-state index contributed by atoms with van der Waals surface area (Å²) in [6, 6.07) is 2.11. The van der Waals surface area contributed by atoms with Gasteiger partial charge in [-0.2, -0.15) is 0 Å². The highest BCUT2D eigenvalue weighted by Gasteiger charge is 2.22. The van der Waals surface area contributed by atoms with E-state index in [1.54, 1.807) is 23.0 Å². The van der Waals surface area contributed by atoms with E-state index in [1.807, 2.05) is 4.90 Å². The monoisotopic (exact) mass is 309 g/mol. The Labute approximate surface area is 125 Å². The molecule has 0 bridgehead atoms. The molecule has 0 saturated heterocycles. The van der Waals surface area contributed by atoms with E-state index >= 15 is 0 Å². The van der Waals surface area contributed by atoms with Crippen LogP contribution in [0.25, 0.3) is 0 Å². The lowest BCUT2D eigenvalue weighted by molar-refractivity contribution is -0.129. The van der Waals surface area contributed by atoms with Gasteiger partial charge in [0.05, 0.1) is 5.75 Å². The van der Waals surface area contributed by atoms with Crippen LogP contribution in [0.15, 0.2) is 16.6 Å². The molecule has 0 unspecified atom stereocenters. The summed E-state index contributed by atoms with van der Waals surface area (Å²) in [5.41, 5.74) is 6.89. The third-order valence-electron chi connectivity index (χ3n) is 3.35. The van der Waals surface area contributed by atoms with E-state index < -0.39 is 0 Å². The molecule has 20 heavy (non-hydrogen) atoms. The molecule has 0 fully saturated rings. The largest absolute Gasteiger partial charge is 0.368 e. The maximum atomic E-state index is 12.2. The molecule has 3 rings (SSSR count). The summed E-state index contributed by atoms with van der Waals surface area (Å²) in [7, 11) is 1.79. The van der Waals surface area contributed by atoms with Crippen LogP contribution in [-0.2, 0) is 24.8 Å². The lowest BCUT2D eigenvalue weighted by Crippen LogP contribution is -2.36. The number of nitrogen functional groups attached to an aromatic ring is 1. The zero-order valence-corrected chi connectivity index (χ0v) is 12.7. The highest BCUT2D eigenvalue weighted by molar-refractivity contribution is 7.99. The second-order valence-electron chi connectivity index (χ2n) is 4.62. The number of hydrogen-bond donors (Lipinski definition) is 1. The second-order valence-corrected chi connectivity index (χ2v) is 6.57. The predicted octanol–water partition coefficient (Wildman–Crippen LogP) is 1.14. The fourth-order valence-electron chi connectivity index (χ4n) is 2.13. The molecule has 0 atom stereocenters. The first kappa shape index (κ1) is 13.4. The quantitative estimate of drug-likeness (QED) is 0.860. The van der Waals surface area contributed by atoms with Crippen LogP contribution in [0.4, 0.5) is 5.95 Å². The number of thiophene rings is 1. The summed E-state index contributed by atoms with van der Waals surface area (Å²) < 4.78 is 1.69. The zero-order chi connectivity index (χ0) is 14.1. The standard InChI is InChI=1S/C12H15N5OS2/c1-16-11(13)14-15-12(16)20-7-10(18)17-4-2-9-8(6-17)3-5-19-9/h3,5H,2,4,6-7H2,1H3,(H2,13,14). The third-order valence-corrected chi connectivity index (χ3v) is 5.38. The van der Waals surface area contributed by atoms with Gasteiger partial charge in [0.25, 0.3) is 0 Å². The van der Waals surface area contributed by atoms with Crippen LogP contribution in [0.1, 0.15) is 10.4 Å². The van der Waals surface area contributed by atoms with Gasteiger partial charge in [0.15, 0.2) is 5.16 Å². The van der Waals surface area contributed by atoms with Gasteiger partial charge in [0, 0.05) is 25.0 Å². The molecule has 1 aliphatic rings. The van der Waals surface area contributed by atoms with Crippen molar-refractivity contribution in [2.75, 3.05) is 18.0 Å². The van der Waals surface area contributed by atoms with Crippen molar-refractivity contribution in [2.24, 2.45) is 7.05 Å². The van der Waals surface area contributed by atoms with Crippen LogP contribution in [0.2, 0.25) is 0 Å². The van der Waals surface area contributed by atoms with E-state index in [1.165, 1.54) is 22.2 Å². The highest BCUT2D eigenvalue weighted by atomic mass is 32.2. The number of fused-ring (bicyclic) bond motifs is 1. The first-order valence-electron chi connectivity index (χ1n) is 6.26. The van der Waals surface area contributed by atoms with E-state index in [9.17, 15) is 4.79 Å². The van der Waals surface area contributed by atoms with Crippen molar-refractivity contribution in [1.82, 2.24) is 19.7 Å². The number of amides is 1. The molecule has 0 aromatic carbocycles. The smallest absolute Gasteiger partial charge is 0.233 e. The summed E-state index contributed by atoms with van der Waals surface area (Å²) in [4.78, 5) is 15.6. The van der Waals surface area contributed by atoms with Crippen LogP contribution in [0.3, 0.4) is 0 Å². The Kier molecular flexibility index (Phi) is 3.66. The summed E-state index contributed by atoms with van der Waals surface area (Å²) in [6.07, 6.45) is 0.959. The average molecular weight is 309 g/mol. The topological polar surface area (TPSA) is 77.0 Å². The number of carbonyl (C=O) groups is 1. The van der Waals surface area contributed by atoms with E-state index in [-0.39, 0.29) is 5.91 Å². The Morgan fingerprint density at radius 2 is 2.40 bits per heavy atom. The van der Waals surface area contributed by atoms with Gasteiger partial charge in [-0.1, -0.05) is 11.8 Å². The molecule has 0 aliphatic carbocycles. The van der Waals surface area contributed by atoms with Crippen LogP contribution in [0.5, 0.6) is 0 Å². The fourth-order valence-corrected chi connectivity index (χ4v) is 3.84. The number of nitrogens with two attached hydrogens (primary N) is 1. The second kappa shape index (κ2) is 5.45. The molecule has 2 N–H and O–H groups in total. The molecule has 2 aromatic heterocycles. The lowest BCUT2D eigenvalue weighted by Gasteiger charge is -2.26. The van der Waals surface area contributed by atoms with Gasteiger partial charge >= 0.3 is 0 Å². The molecule has 0 radical (unpaired) electrons. The molecule has 6 nitrogen and oxygen atoms in total. The van der Waals surface area contributed by atoms with Gasteiger partial charge < -0.3 is 10.6 Å². The molecule has 3 heterocycles. The number of aromatic nitrogens is 3. The summed E-state index contributed by atoms with van der Waals surface area (Å²) in [6.45, 7) is 1.52. The van der Waals surface area contributed by atoms with Crippen molar-refractivity contribution in [3.05, 3.63) is 21.9 Å². The van der Waals surface area contributed by atoms with Crippen molar-refractivity contribution < 1.29 is 4.79 Å². The van der Waals surface area contributed by atoms with Crippen molar-refractivity contribution in [2.45, 2.75) is 18.1 Å². The molecule has 106 valence electrons. The molecular weight excluding hydrogens is 294 g/mol. The lowest BCUT2D eigenvalue weighted by atomic mass is 10.1. The van der Waals surface area contributed by atoms with Gasteiger partial charge in [0.1, 0.15) is 0 Å². The molecule has 2 aromatic rings. The SMILES string of the molecule is Cn1c(N)nnc1SCC(=O)N1CCc2sccc2C1. The fraction of sp³-hybridized carbons (Fsp3) is 0.417. The number of hydrogen-bond acceptors (Lipinski definition) is 6. The summed E-state index contributed by atoms with van der Waals surface area (Å²) in [5, 5.41) is 10.5. The minimum atomic E-state index is 0.133. The maximum absolute atomic E-state index is 12.2. The van der Waals surface area contributed by atoms with Gasteiger partial charge in [-0.25, -0.2) is 0 Å². The highest BCUT2D eigenvalue weighted by Crippen LogP contribution is 2.25. The van der Waals surface area contributed by atoms with Gasteiger partial charge in [-0.3, -0.25) is 9.36 Å². The summed E-state index contributed by atoms with van der Waals surface area (Å²) in [5.74, 6) is 0.861.